The second-order valence-electron chi connectivity index (χ2n) is 13.2. The van der Waals surface area contributed by atoms with E-state index in [0.29, 0.717) is 44.6 Å². The number of esters is 3. The molecule has 0 aromatic rings. The number of carbonyl (C=O) groups is 3. The SMILES string of the molecule is CCC(C)(C)C(=O)OC[C@H]1C=C2CC[C@H](C)C(CC[C@@H]3C[C@@H](O)CC(=O)O3)[C@H]2[C@@H](OC(=O)C(C)(C)CC)C1. The zero-order valence-electron chi connectivity index (χ0n) is 24.6. The van der Waals surface area contributed by atoms with Gasteiger partial charge < -0.3 is 19.3 Å². The van der Waals surface area contributed by atoms with E-state index in [1.54, 1.807) is 0 Å². The summed E-state index contributed by atoms with van der Waals surface area (Å²) in [6, 6.07) is 0. The predicted molar refractivity (Wildman–Crippen MR) is 145 cm³/mol. The van der Waals surface area contributed by atoms with Crippen molar-refractivity contribution in [1.82, 2.24) is 0 Å². The fourth-order valence-corrected chi connectivity index (χ4v) is 6.01. The van der Waals surface area contributed by atoms with E-state index in [1.165, 1.54) is 5.57 Å². The van der Waals surface area contributed by atoms with Crippen LogP contribution in [0.15, 0.2) is 11.6 Å². The first-order valence-corrected chi connectivity index (χ1v) is 14.7. The molecule has 3 aliphatic rings. The van der Waals surface area contributed by atoms with Crippen LogP contribution in [0.5, 0.6) is 0 Å². The highest BCUT2D eigenvalue weighted by Crippen LogP contribution is 2.48. The molecular formula is C31H50O7. The van der Waals surface area contributed by atoms with Gasteiger partial charge in [0, 0.05) is 18.3 Å². The first kappa shape index (κ1) is 30.6. The number of fused-ring (bicyclic) bond motifs is 1. The number of cyclic esters (lactones) is 1. The molecule has 0 amide bonds. The first-order valence-electron chi connectivity index (χ1n) is 14.7. The number of aliphatic hydroxyl groups excluding tert-OH is 1. The lowest BCUT2D eigenvalue weighted by Crippen LogP contribution is -2.45. The van der Waals surface area contributed by atoms with Crippen LogP contribution in [-0.2, 0) is 28.6 Å². The Balaban J connectivity index is 1.80. The Labute approximate surface area is 229 Å². The maximum absolute atomic E-state index is 13.2. The van der Waals surface area contributed by atoms with Gasteiger partial charge in [0.25, 0.3) is 0 Å². The normalized spacial score (nSPS) is 32.1. The maximum atomic E-state index is 13.2. The van der Waals surface area contributed by atoms with E-state index in [-0.39, 0.29) is 54.3 Å². The van der Waals surface area contributed by atoms with Gasteiger partial charge >= 0.3 is 17.9 Å². The van der Waals surface area contributed by atoms with Crippen molar-refractivity contribution in [3.63, 3.8) is 0 Å². The van der Waals surface area contributed by atoms with Crippen molar-refractivity contribution in [2.24, 2.45) is 34.5 Å². The minimum Gasteiger partial charge on any atom is -0.465 e. The van der Waals surface area contributed by atoms with Crippen molar-refractivity contribution in [3.05, 3.63) is 11.6 Å². The Morgan fingerprint density at radius 3 is 2.34 bits per heavy atom. The van der Waals surface area contributed by atoms with Gasteiger partial charge in [-0.2, -0.15) is 0 Å². The van der Waals surface area contributed by atoms with E-state index in [0.717, 1.165) is 19.3 Å². The Hall–Kier alpha value is -1.89. The highest BCUT2D eigenvalue weighted by Gasteiger charge is 2.45. The average Bonchev–Trinajstić information content (AvgIpc) is 2.86. The lowest BCUT2D eigenvalue weighted by Gasteiger charge is -2.46. The number of aliphatic hydroxyl groups is 1. The van der Waals surface area contributed by atoms with E-state index in [1.807, 2.05) is 41.5 Å². The Bertz CT molecular complexity index is 889. The molecule has 1 N–H and O–H groups in total. The average molecular weight is 535 g/mol. The quantitative estimate of drug-likeness (QED) is 0.216. The molecule has 7 nitrogen and oxygen atoms in total. The number of ether oxygens (including phenoxy) is 3. The molecule has 2 fully saturated rings. The Kier molecular flexibility index (Phi) is 10.1. The van der Waals surface area contributed by atoms with Crippen LogP contribution in [0.25, 0.3) is 0 Å². The van der Waals surface area contributed by atoms with E-state index in [9.17, 15) is 19.5 Å². The minimum absolute atomic E-state index is 0.00361. The summed E-state index contributed by atoms with van der Waals surface area (Å²) in [5.41, 5.74) is 0.197. The lowest BCUT2D eigenvalue weighted by molar-refractivity contribution is -0.168. The summed E-state index contributed by atoms with van der Waals surface area (Å²) in [6.07, 6.45) is 7.15. The maximum Gasteiger partial charge on any atom is 0.311 e. The molecule has 0 aromatic carbocycles. The molecule has 0 spiro atoms. The van der Waals surface area contributed by atoms with Crippen LogP contribution >= 0.6 is 0 Å². The van der Waals surface area contributed by atoms with Gasteiger partial charge in [0.15, 0.2) is 0 Å². The van der Waals surface area contributed by atoms with Crippen LogP contribution in [0.3, 0.4) is 0 Å². The Morgan fingerprint density at radius 2 is 1.71 bits per heavy atom. The highest BCUT2D eigenvalue weighted by atomic mass is 16.6. The van der Waals surface area contributed by atoms with Crippen LogP contribution in [0, 0.1) is 34.5 Å². The summed E-state index contributed by atoms with van der Waals surface area (Å²) < 4.78 is 17.6. The topological polar surface area (TPSA) is 99.1 Å². The smallest absolute Gasteiger partial charge is 0.311 e. The summed E-state index contributed by atoms with van der Waals surface area (Å²) in [4.78, 5) is 37.7. The van der Waals surface area contributed by atoms with Gasteiger partial charge in [-0.25, -0.2) is 0 Å². The van der Waals surface area contributed by atoms with E-state index in [4.69, 9.17) is 14.2 Å². The second-order valence-corrected chi connectivity index (χ2v) is 13.2. The molecule has 1 saturated heterocycles. The molecule has 0 aromatic heterocycles. The summed E-state index contributed by atoms with van der Waals surface area (Å²) in [5.74, 6) is 0.0960. The van der Waals surface area contributed by atoms with Crippen molar-refractivity contribution >= 4 is 17.9 Å². The standard InChI is InChI=1S/C31H50O7/c1-8-30(4,5)28(34)36-18-20-14-21-11-10-19(3)24(13-12-23-16-22(32)17-26(33)37-23)27(21)25(15-20)38-29(35)31(6,7)9-2/h14,19-20,22-25,27,32H,8-13,15-18H2,1-7H3/t19-,20-,22+,23+,24?,25-,27-/m0/s1. The third-order valence-corrected chi connectivity index (χ3v) is 9.51. The zero-order chi connectivity index (χ0) is 28.3. The summed E-state index contributed by atoms with van der Waals surface area (Å²) >= 11 is 0. The van der Waals surface area contributed by atoms with Crippen molar-refractivity contribution in [2.45, 2.75) is 125 Å². The third kappa shape index (κ3) is 7.40. The van der Waals surface area contributed by atoms with Crippen LogP contribution in [-0.4, -0.2) is 47.9 Å². The van der Waals surface area contributed by atoms with Crippen LogP contribution in [0.4, 0.5) is 0 Å². The molecule has 1 unspecified atom stereocenters. The number of rotatable bonds is 10. The third-order valence-electron chi connectivity index (χ3n) is 9.51. The Morgan fingerprint density at radius 1 is 1.05 bits per heavy atom. The molecule has 0 radical (unpaired) electrons. The van der Waals surface area contributed by atoms with E-state index in [2.05, 4.69) is 13.0 Å². The van der Waals surface area contributed by atoms with Crippen molar-refractivity contribution in [3.8, 4) is 0 Å². The fraction of sp³-hybridized carbons (Fsp3) is 0.839. The summed E-state index contributed by atoms with van der Waals surface area (Å²) in [7, 11) is 0. The van der Waals surface area contributed by atoms with Gasteiger partial charge in [-0.1, -0.05) is 32.4 Å². The van der Waals surface area contributed by atoms with Crippen molar-refractivity contribution in [1.29, 1.82) is 0 Å². The van der Waals surface area contributed by atoms with Gasteiger partial charge in [0.05, 0.1) is 30.0 Å². The summed E-state index contributed by atoms with van der Waals surface area (Å²) in [6.45, 7) is 14.2. The molecule has 1 saturated carbocycles. The molecule has 3 rings (SSSR count). The van der Waals surface area contributed by atoms with E-state index < -0.39 is 16.9 Å². The van der Waals surface area contributed by atoms with Gasteiger partial charge in [0.1, 0.15) is 12.2 Å². The molecule has 7 heteroatoms. The fourth-order valence-electron chi connectivity index (χ4n) is 6.01. The summed E-state index contributed by atoms with van der Waals surface area (Å²) in [5, 5.41) is 10.0. The zero-order valence-corrected chi connectivity index (χ0v) is 24.6. The molecule has 216 valence electrons. The number of carbonyl (C=O) groups excluding carboxylic acids is 3. The minimum atomic E-state index is -0.638. The number of hydrogen-bond acceptors (Lipinski definition) is 7. The highest BCUT2D eigenvalue weighted by molar-refractivity contribution is 5.76. The van der Waals surface area contributed by atoms with Gasteiger partial charge in [-0.05, 0) is 84.5 Å². The van der Waals surface area contributed by atoms with E-state index >= 15 is 0 Å². The second kappa shape index (κ2) is 12.5. The first-order chi connectivity index (χ1) is 17.8. The molecule has 2 aliphatic carbocycles. The monoisotopic (exact) mass is 534 g/mol. The van der Waals surface area contributed by atoms with Crippen molar-refractivity contribution in [2.75, 3.05) is 6.61 Å². The molecule has 0 bridgehead atoms. The van der Waals surface area contributed by atoms with Gasteiger partial charge in [0.2, 0.25) is 0 Å². The van der Waals surface area contributed by atoms with Crippen LogP contribution in [0.1, 0.15) is 106 Å². The van der Waals surface area contributed by atoms with Gasteiger partial charge in [-0.3, -0.25) is 14.4 Å². The lowest BCUT2D eigenvalue weighted by atomic mass is 9.62. The molecule has 1 heterocycles. The molecule has 7 atom stereocenters. The van der Waals surface area contributed by atoms with Crippen LogP contribution in [0.2, 0.25) is 0 Å². The largest absolute Gasteiger partial charge is 0.465 e. The molecule has 38 heavy (non-hydrogen) atoms. The molecular weight excluding hydrogens is 484 g/mol. The number of hydrogen-bond donors (Lipinski definition) is 1. The van der Waals surface area contributed by atoms with Gasteiger partial charge in [-0.15, -0.1) is 0 Å². The predicted octanol–water partition coefficient (Wildman–Crippen LogP) is 5.77. The molecule has 1 aliphatic heterocycles. The van der Waals surface area contributed by atoms with Crippen LogP contribution < -0.4 is 0 Å². The van der Waals surface area contributed by atoms with Crippen molar-refractivity contribution < 1.29 is 33.7 Å².